The van der Waals surface area contributed by atoms with E-state index in [1.165, 1.54) is 6.08 Å². The number of rotatable bonds is 4. The zero-order valence-corrected chi connectivity index (χ0v) is 16.3. The van der Waals surface area contributed by atoms with Crippen molar-refractivity contribution in [1.82, 2.24) is 9.80 Å². The molecule has 7 nitrogen and oxygen atoms in total. The van der Waals surface area contributed by atoms with Crippen molar-refractivity contribution >= 4 is 35.2 Å². The topological polar surface area (TPSA) is 93.5 Å². The number of carbonyl (C=O) groups excluding carboxylic acids is 3. The van der Waals surface area contributed by atoms with Gasteiger partial charge in [-0.25, -0.2) is 0 Å². The molecule has 2 heterocycles. The molecule has 2 aliphatic heterocycles. The molecule has 0 radical (unpaired) electrons. The molecule has 0 saturated carbocycles. The summed E-state index contributed by atoms with van der Waals surface area (Å²) in [6.45, 7) is 4.51. The summed E-state index contributed by atoms with van der Waals surface area (Å²) >= 11 is 1.54. The van der Waals surface area contributed by atoms with Crippen LogP contribution in [0.15, 0.2) is 36.9 Å². The number of hydrogen-bond donors (Lipinski definition) is 1. The summed E-state index contributed by atoms with van der Waals surface area (Å²) in [6, 6.07) is 8.10. The summed E-state index contributed by atoms with van der Waals surface area (Å²) in [7, 11) is 0. The lowest BCUT2D eigenvalue weighted by molar-refractivity contribution is -0.142. The number of nitrogens with one attached hydrogen (secondary N) is 1. The minimum Gasteiger partial charge on any atom is -0.338 e. The molecule has 2 atom stereocenters. The van der Waals surface area contributed by atoms with Crippen molar-refractivity contribution in [3.8, 4) is 6.07 Å². The number of amides is 3. The van der Waals surface area contributed by atoms with E-state index in [0.717, 1.165) is 6.42 Å². The predicted octanol–water partition coefficient (Wildman–Crippen LogP) is 1.82. The summed E-state index contributed by atoms with van der Waals surface area (Å²) in [5.41, 5.74) is 1.11. The Morgan fingerprint density at radius 2 is 2.04 bits per heavy atom. The molecular formula is C20H22N4O3S. The molecule has 0 aliphatic carbocycles. The lowest BCUT2D eigenvalue weighted by Gasteiger charge is -2.34. The van der Waals surface area contributed by atoms with Crippen LogP contribution in [0, 0.1) is 17.2 Å². The Bertz CT molecular complexity index is 818. The monoisotopic (exact) mass is 398 g/mol. The molecule has 0 aromatic heterocycles. The molecule has 8 heteroatoms. The standard InChI is InChI=1S/C20H22N4O3S/c1-2-18(25)23-9-3-4-15(11-23)20(27)24-13-28-12-17(24)19(26)22-16-7-5-14(10-21)6-8-16/h2,5-8,15,17H,1,3-4,9,11-13H2,(H,22,26). The number of anilines is 1. The Labute approximate surface area is 168 Å². The van der Waals surface area contributed by atoms with Gasteiger partial charge in [-0.2, -0.15) is 5.26 Å². The molecule has 2 unspecified atom stereocenters. The van der Waals surface area contributed by atoms with Crippen molar-refractivity contribution in [3.05, 3.63) is 42.5 Å². The lowest BCUT2D eigenvalue weighted by Crippen LogP contribution is -2.50. The van der Waals surface area contributed by atoms with Crippen molar-refractivity contribution in [3.63, 3.8) is 0 Å². The third-order valence-corrected chi connectivity index (χ3v) is 6.02. The van der Waals surface area contributed by atoms with Gasteiger partial charge in [0.25, 0.3) is 0 Å². The Morgan fingerprint density at radius 1 is 1.29 bits per heavy atom. The van der Waals surface area contributed by atoms with Crippen LogP contribution in [0.1, 0.15) is 18.4 Å². The number of carbonyl (C=O) groups is 3. The zero-order chi connectivity index (χ0) is 20.1. The van der Waals surface area contributed by atoms with Crippen LogP contribution < -0.4 is 5.32 Å². The first kappa shape index (κ1) is 20.0. The Morgan fingerprint density at radius 3 is 2.71 bits per heavy atom. The summed E-state index contributed by atoms with van der Waals surface area (Å²) < 4.78 is 0. The van der Waals surface area contributed by atoms with Crippen molar-refractivity contribution in [2.45, 2.75) is 18.9 Å². The Hall–Kier alpha value is -2.79. The van der Waals surface area contributed by atoms with E-state index < -0.39 is 6.04 Å². The van der Waals surface area contributed by atoms with Crippen LogP contribution in [-0.4, -0.2) is 58.3 Å². The average molecular weight is 398 g/mol. The van der Waals surface area contributed by atoms with Gasteiger partial charge < -0.3 is 15.1 Å². The minimum absolute atomic E-state index is 0.0773. The molecule has 0 spiro atoms. The van der Waals surface area contributed by atoms with Gasteiger partial charge in [0, 0.05) is 24.5 Å². The van der Waals surface area contributed by atoms with Gasteiger partial charge in [-0.3, -0.25) is 14.4 Å². The largest absolute Gasteiger partial charge is 0.338 e. The van der Waals surface area contributed by atoms with Gasteiger partial charge in [-0.1, -0.05) is 6.58 Å². The quantitative estimate of drug-likeness (QED) is 0.781. The molecule has 28 heavy (non-hydrogen) atoms. The second kappa shape index (κ2) is 8.93. The highest BCUT2D eigenvalue weighted by molar-refractivity contribution is 7.99. The highest BCUT2D eigenvalue weighted by atomic mass is 32.2. The maximum Gasteiger partial charge on any atom is 0.248 e. The second-order valence-corrected chi connectivity index (χ2v) is 7.83. The fourth-order valence-corrected chi connectivity index (χ4v) is 4.64. The first-order valence-electron chi connectivity index (χ1n) is 9.14. The highest BCUT2D eigenvalue weighted by Gasteiger charge is 2.39. The first-order valence-corrected chi connectivity index (χ1v) is 10.3. The van der Waals surface area contributed by atoms with Crippen LogP contribution >= 0.6 is 11.8 Å². The zero-order valence-electron chi connectivity index (χ0n) is 15.5. The van der Waals surface area contributed by atoms with E-state index in [2.05, 4.69) is 11.9 Å². The molecule has 1 N–H and O–H groups in total. The van der Waals surface area contributed by atoms with Crippen LogP contribution in [0.2, 0.25) is 0 Å². The van der Waals surface area contributed by atoms with Crippen LogP contribution in [0.25, 0.3) is 0 Å². The molecule has 146 valence electrons. The normalized spacial score (nSPS) is 21.7. The van der Waals surface area contributed by atoms with Crippen molar-refractivity contribution in [1.29, 1.82) is 5.26 Å². The number of hydrogen-bond acceptors (Lipinski definition) is 5. The molecule has 2 aliphatic rings. The average Bonchev–Trinajstić information content (AvgIpc) is 3.23. The maximum absolute atomic E-state index is 13.0. The molecule has 3 rings (SSSR count). The SMILES string of the molecule is C=CC(=O)N1CCCC(C(=O)N2CSCC2C(=O)Nc2ccc(C#N)cc2)C1. The number of piperidine rings is 1. The van der Waals surface area contributed by atoms with E-state index in [1.807, 2.05) is 6.07 Å². The van der Waals surface area contributed by atoms with E-state index in [-0.39, 0.29) is 23.6 Å². The number of thioether (sulfide) groups is 1. The second-order valence-electron chi connectivity index (χ2n) is 6.83. The van der Waals surface area contributed by atoms with Gasteiger partial charge in [-0.05, 0) is 43.2 Å². The highest BCUT2D eigenvalue weighted by Crippen LogP contribution is 2.27. The fraction of sp³-hybridized carbons (Fsp3) is 0.400. The van der Waals surface area contributed by atoms with Gasteiger partial charge in [-0.15, -0.1) is 11.8 Å². The van der Waals surface area contributed by atoms with E-state index in [4.69, 9.17) is 5.26 Å². The summed E-state index contributed by atoms with van der Waals surface area (Å²) in [5, 5.41) is 11.7. The predicted molar refractivity (Wildman–Crippen MR) is 107 cm³/mol. The number of nitriles is 1. The lowest BCUT2D eigenvalue weighted by atomic mass is 9.96. The molecule has 1 aromatic rings. The molecular weight excluding hydrogens is 376 g/mol. The molecule has 1 aromatic carbocycles. The van der Waals surface area contributed by atoms with Gasteiger partial charge in [0.15, 0.2) is 0 Å². The minimum atomic E-state index is -0.543. The molecule has 2 fully saturated rings. The van der Waals surface area contributed by atoms with Crippen molar-refractivity contribution in [2.24, 2.45) is 5.92 Å². The van der Waals surface area contributed by atoms with E-state index >= 15 is 0 Å². The van der Waals surface area contributed by atoms with Crippen LogP contribution in [0.3, 0.4) is 0 Å². The van der Waals surface area contributed by atoms with Crippen molar-refractivity contribution < 1.29 is 14.4 Å². The molecule has 0 bridgehead atoms. The third-order valence-electron chi connectivity index (χ3n) is 5.01. The molecule has 3 amide bonds. The summed E-state index contributed by atoms with van der Waals surface area (Å²) in [6.07, 6.45) is 2.75. The number of benzene rings is 1. The number of likely N-dealkylation sites (tertiary alicyclic amines) is 1. The van der Waals surface area contributed by atoms with Crippen LogP contribution in [-0.2, 0) is 14.4 Å². The van der Waals surface area contributed by atoms with Crippen LogP contribution in [0.4, 0.5) is 5.69 Å². The van der Waals surface area contributed by atoms with Crippen LogP contribution in [0.5, 0.6) is 0 Å². The van der Waals surface area contributed by atoms with Crippen molar-refractivity contribution in [2.75, 3.05) is 30.0 Å². The van der Waals surface area contributed by atoms with Gasteiger partial charge >= 0.3 is 0 Å². The van der Waals surface area contributed by atoms with Gasteiger partial charge in [0.2, 0.25) is 17.7 Å². The fourth-order valence-electron chi connectivity index (χ4n) is 3.47. The van der Waals surface area contributed by atoms with Gasteiger partial charge in [0.05, 0.1) is 23.4 Å². The molecule has 2 saturated heterocycles. The first-order chi connectivity index (χ1) is 13.5. The van der Waals surface area contributed by atoms with E-state index in [0.29, 0.717) is 42.4 Å². The maximum atomic E-state index is 13.0. The van der Waals surface area contributed by atoms with E-state index in [1.54, 1.807) is 45.8 Å². The van der Waals surface area contributed by atoms with Gasteiger partial charge in [0.1, 0.15) is 6.04 Å². The summed E-state index contributed by atoms with van der Waals surface area (Å²) in [5.74, 6) is 0.237. The summed E-state index contributed by atoms with van der Waals surface area (Å²) in [4.78, 5) is 40.9. The Kier molecular flexibility index (Phi) is 6.37. The number of nitrogens with zero attached hydrogens (tertiary/aromatic N) is 3. The smallest absolute Gasteiger partial charge is 0.248 e. The van der Waals surface area contributed by atoms with E-state index in [9.17, 15) is 14.4 Å². The Balaban J connectivity index is 1.65. The third kappa shape index (κ3) is 4.37.